The van der Waals surface area contributed by atoms with Crippen molar-refractivity contribution in [1.82, 2.24) is 0 Å². The summed E-state index contributed by atoms with van der Waals surface area (Å²) in [7, 11) is 0. The summed E-state index contributed by atoms with van der Waals surface area (Å²) in [4.78, 5) is 10.7. The smallest absolute Gasteiger partial charge is 0.304 e. The maximum atomic E-state index is 10.7. The number of carboxylic acids is 1. The number of carbonyl (C=O) groups is 1. The van der Waals surface area contributed by atoms with Gasteiger partial charge in [-0.05, 0) is 39.5 Å². The van der Waals surface area contributed by atoms with Gasteiger partial charge in [0.05, 0.1) is 30.8 Å². The molecule has 1 aliphatic heterocycles. The zero-order valence-electron chi connectivity index (χ0n) is 21.9. The van der Waals surface area contributed by atoms with E-state index in [9.17, 15) is 15.0 Å². The zero-order chi connectivity index (χ0) is 26.5. The van der Waals surface area contributed by atoms with Gasteiger partial charge >= 0.3 is 5.97 Å². The topological polar surface area (TPSA) is 139 Å². The summed E-state index contributed by atoms with van der Waals surface area (Å²) in [5.41, 5.74) is 14.3. The van der Waals surface area contributed by atoms with Crippen LogP contribution in [-0.4, -0.2) is 57.8 Å². The molecule has 35 heavy (non-hydrogen) atoms. The number of allylic oxidation sites excluding steroid dienone is 7. The van der Waals surface area contributed by atoms with Crippen LogP contribution in [0.25, 0.3) is 0 Å². The molecule has 7 N–H and O–H groups in total. The second kappa shape index (κ2) is 15.9. The van der Waals surface area contributed by atoms with Crippen LogP contribution in [0, 0.1) is 11.8 Å². The van der Waals surface area contributed by atoms with Crippen molar-refractivity contribution in [1.29, 1.82) is 0 Å². The first-order chi connectivity index (χ1) is 16.4. The van der Waals surface area contributed by atoms with Gasteiger partial charge in [-0.2, -0.15) is 0 Å². The van der Waals surface area contributed by atoms with Crippen molar-refractivity contribution in [3.05, 3.63) is 59.8 Å². The highest BCUT2D eigenvalue weighted by atomic mass is 16.5. The number of ether oxygens (including phenoxy) is 1. The molecule has 0 aliphatic carbocycles. The van der Waals surface area contributed by atoms with Crippen molar-refractivity contribution < 1.29 is 24.9 Å². The Morgan fingerprint density at radius 3 is 2.51 bits per heavy atom. The largest absolute Gasteiger partial charge is 0.481 e. The highest BCUT2D eigenvalue weighted by Crippen LogP contribution is 2.28. The molecule has 0 amide bonds. The van der Waals surface area contributed by atoms with E-state index in [1.54, 1.807) is 6.08 Å². The summed E-state index contributed by atoms with van der Waals surface area (Å²) in [5.74, 6) is -0.622. The highest BCUT2D eigenvalue weighted by molar-refractivity contribution is 5.67. The number of hydrogen-bond acceptors (Lipinski definition) is 6. The molecular weight excluding hydrogens is 444 g/mol. The predicted molar refractivity (Wildman–Crippen MR) is 142 cm³/mol. The Balaban J connectivity index is 2.57. The molecule has 0 radical (unpaired) electrons. The molecule has 7 heteroatoms. The summed E-state index contributed by atoms with van der Waals surface area (Å²) in [6.07, 6.45) is 15.4. The Morgan fingerprint density at radius 2 is 1.89 bits per heavy atom. The maximum Gasteiger partial charge on any atom is 0.304 e. The van der Waals surface area contributed by atoms with E-state index >= 15 is 0 Å². The van der Waals surface area contributed by atoms with E-state index in [1.165, 1.54) is 5.57 Å². The normalized spacial score (nSPS) is 28.0. The van der Waals surface area contributed by atoms with Crippen molar-refractivity contribution in [2.75, 3.05) is 0 Å². The molecular formula is C28H46N2O5. The van der Waals surface area contributed by atoms with E-state index in [4.69, 9.17) is 21.3 Å². The van der Waals surface area contributed by atoms with E-state index in [0.717, 1.165) is 12.0 Å². The summed E-state index contributed by atoms with van der Waals surface area (Å²) >= 11 is 0. The van der Waals surface area contributed by atoms with E-state index in [0.29, 0.717) is 12.3 Å². The third-order valence-corrected chi connectivity index (χ3v) is 6.21. The van der Waals surface area contributed by atoms with Crippen molar-refractivity contribution in [2.24, 2.45) is 23.3 Å². The van der Waals surface area contributed by atoms with Crippen LogP contribution in [0.5, 0.6) is 0 Å². The molecule has 1 fully saturated rings. The SMILES string of the molecule is C/C=C/[C@@H]1O[C@H]([C@H](N)/C=C/C=C(\C)C[C@@H](C)/C=C(C)\C=C\[C@H](O)C[C@H](N)CC(=O)O)C[C@H](O)[C@@H]1C. The molecule has 1 aliphatic rings. The van der Waals surface area contributed by atoms with E-state index < -0.39 is 24.2 Å². The van der Waals surface area contributed by atoms with E-state index in [1.807, 2.05) is 57.2 Å². The molecule has 8 atom stereocenters. The predicted octanol–water partition coefficient (Wildman–Crippen LogP) is 3.63. The van der Waals surface area contributed by atoms with Gasteiger partial charge in [0, 0.05) is 24.4 Å². The Labute approximate surface area is 210 Å². The van der Waals surface area contributed by atoms with Crippen LogP contribution in [0.3, 0.4) is 0 Å². The number of aliphatic hydroxyl groups excluding tert-OH is 2. The fraction of sp³-hybridized carbons (Fsp3) is 0.607. The Morgan fingerprint density at radius 1 is 1.20 bits per heavy atom. The summed E-state index contributed by atoms with van der Waals surface area (Å²) < 4.78 is 6.11. The van der Waals surface area contributed by atoms with Crippen LogP contribution < -0.4 is 11.5 Å². The highest BCUT2D eigenvalue weighted by Gasteiger charge is 2.35. The monoisotopic (exact) mass is 490 g/mol. The van der Waals surface area contributed by atoms with Gasteiger partial charge in [0.2, 0.25) is 0 Å². The van der Waals surface area contributed by atoms with Crippen LogP contribution >= 0.6 is 0 Å². The Kier molecular flexibility index (Phi) is 14.0. The minimum Gasteiger partial charge on any atom is -0.481 e. The van der Waals surface area contributed by atoms with Crippen molar-refractivity contribution in [3.8, 4) is 0 Å². The molecule has 1 heterocycles. The van der Waals surface area contributed by atoms with Gasteiger partial charge in [0.25, 0.3) is 0 Å². The fourth-order valence-electron chi connectivity index (χ4n) is 4.28. The average molecular weight is 491 g/mol. The Bertz CT molecular complexity index is 801. The summed E-state index contributed by atoms with van der Waals surface area (Å²) in [6.45, 7) is 10.1. The zero-order valence-corrected chi connectivity index (χ0v) is 21.9. The minimum absolute atomic E-state index is 0.0476. The van der Waals surface area contributed by atoms with Gasteiger partial charge in [0.1, 0.15) is 0 Å². The van der Waals surface area contributed by atoms with Crippen LogP contribution in [0.1, 0.15) is 60.3 Å². The number of hydrogen-bond donors (Lipinski definition) is 5. The number of rotatable bonds is 13. The second-order valence-corrected chi connectivity index (χ2v) is 9.91. The quantitative estimate of drug-likeness (QED) is 0.196. The van der Waals surface area contributed by atoms with Crippen LogP contribution in [0.2, 0.25) is 0 Å². The molecule has 0 unspecified atom stereocenters. The number of aliphatic carboxylic acids is 1. The first-order valence-corrected chi connectivity index (χ1v) is 12.5. The Hall–Kier alpha value is -2.03. The number of aliphatic hydroxyl groups is 2. The lowest BCUT2D eigenvalue weighted by Crippen LogP contribution is -2.48. The third kappa shape index (κ3) is 12.5. The van der Waals surface area contributed by atoms with Gasteiger partial charge in [-0.15, -0.1) is 0 Å². The molecule has 0 aromatic heterocycles. The average Bonchev–Trinajstić information content (AvgIpc) is 2.74. The maximum absolute atomic E-state index is 10.7. The molecule has 0 saturated carbocycles. The fourth-order valence-corrected chi connectivity index (χ4v) is 4.28. The van der Waals surface area contributed by atoms with Crippen molar-refractivity contribution in [2.45, 2.75) is 96.8 Å². The first kappa shape index (κ1) is 31.0. The van der Waals surface area contributed by atoms with Gasteiger partial charge in [-0.1, -0.05) is 73.6 Å². The lowest BCUT2D eigenvalue weighted by molar-refractivity contribution is -0.137. The molecule has 0 spiro atoms. The van der Waals surface area contributed by atoms with Crippen molar-refractivity contribution >= 4 is 5.97 Å². The molecule has 0 aromatic carbocycles. The van der Waals surface area contributed by atoms with E-state index in [2.05, 4.69) is 19.9 Å². The molecule has 0 bridgehead atoms. The second-order valence-electron chi connectivity index (χ2n) is 9.91. The van der Waals surface area contributed by atoms with Gasteiger partial charge < -0.3 is 31.5 Å². The van der Waals surface area contributed by atoms with Crippen molar-refractivity contribution in [3.63, 3.8) is 0 Å². The number of carboxylic acid groups (broad SMARTS) is 1. The lowest BCUT2D eigenvalue weighted by atomic mass is 9.88. The van der Waals surface area contributed by atoms with Gasteiger partial charge in [0.15, 0.2) is 0 Å². The lowest BCUT2D eigenvalue weighted by Gasteiger charge is -2.38. The molecule has 198 valence electrons. The van der Waals surface area contributed by atoms with Crippen LogP contribution in [0.4, 0.5) is 0 Å². The molecule has 7 nitrogen and oxygen atoms in total. The third-order valence-electron chi connectivity index (χ3n) is 6.21. The standard InChI is InChI=1S/C28H46N2O5/c1-6-8-26-21(5)25(32)17-27(35-26)24(30)10-7-9-18(2)13-20(4)14-19(3)11-12-23(31)15-22(29)16-28(33)34/h6-12,14,20-27,31-32H,13,15-17,29-30H2,1-5H3,(H,33,34)/b8-6+,10-7+,12-11+,18-9+,19-14-/t20-,21+,22+,23+,24-,25+,26+,27+/m1/s1. The van der Waals surface area contributed by atoms with Crippen LogP contribution in [-0.2, 0) is 9.53 Å². The molecule has 1 rings (SSSR count). The summed E-state index contributed by atoms with van der Waals surface area (Å²) in [6, 6.07) is -0.870. The first-order valence-electron chi connectivity index (χ1n) is 12.5. The van der Waals surface area contributed by atoms with E-state index in [-0.39, 0.29) is 37.0 Å². The number of nitrogens with two attached hydrogens (primary N) is 2. The summed E-state index contributed by atoms with van der Waals surface area (Å²) in [5, 5.41) is 29.1. The minimum atomic E-state index is -0.965. The molecule has 0 aromatic rings. The van der Waals surface area contributed by atoms with Gasteiger partial charge in [-0.3, -0.25) is 4.79 Å². The van der Waals surface area contributed by atoms with Crippen LogP contribution in [0.15, 0.2) is 59.8 Å². The van der Waals surface area contributed by atoms with Gasteiger partial charge in [-0.25, -0.2) is 0 Å². The molecule has 1 saturated heterocycles.